The Morgan fingerprint density at radius 1 is 1.12 bits per heavy atom. The molecule has 2 aromatic rings. The van der Waals surface area contributed by atoms with Crippen molar-refractivity contribution in [3.8, 4) is 0 Å². The van der Waals surface area contributed by atoms with Crippen LogP contribution < -0.4 is 9.62 Å². The zero-order valence-corrected chi connectivity index (χ0v) is 14.5. The second-order valence-electron chi connectivity index (χ2n) is 5.94. The van der Waals surface area contributed by atoms with Gasteiger partial charge in [-0.3, -0.25) is 0 Å². The Morgan fingerprint density at radius 2 is 1.83 bits per heavy atom. The van der Waals surface area contributed by atoms with E-state index in [1.165, 1.54) is 5.56 Å². The van der Waals surface area contributed by atoms with Crippen molar-refractivity contribution in [2.45, 2.75) is 31.4 Å². The van der Waals surface area contributed by atoms with E-state index in [1.807, 2.05) is 30.3 Å². The molecule has 0 bridgehead atoms. The lowest BCUT2D eigenvalue weighted by Gasteiger charge is -2.20. The second kappa shape index (κ2) is 6.93. The van der Waals surface area contributed by atoms with E-state index in [1.54, 1.807) is 19.1 Å². The van der Waals surface area contributed by atoms with Gasteiger partial charge in [-0.15, -0.1) is 0 Å². The van der Waals surface area contributed by atoms with E-state index >= 15 is 0 Å². The van der Waals surface area contributed by atoms with Crippen LogP contribution in [0.2, 0.25) is 0 Å². The zero-order valence-electron chi connectivity index (χ0n) is 13.7. The molecule has 0 aromatic heterocycles. The van der Waals surface area contributed by atoms with Crippen molar-refractivity contribution >= 4 is 15.7 Å². The molecule has 0 saturated heterocycles. The first-order valence-electron chi connectivity index (χ1n) is 8.09. The normalized spacial score (nSPS) is 14.0. The molecule has 5 nitrogen and oxygen atoms in total. The van der Waals surface area contributed by atoms with Crippen molar-refractivity contribution in [3.63, 3.8) is 0 Å². The number of hydrogen-bond donors (Lipinski definition) is 2. The highest BCUT2D eigenvalue weighted by atomic mass is 32.2. The molecular formula is C18H22N2O3S. The maximum Gasteiger partial charge on any atom is 0.240 e. The minimum absolute atomic E-state index is 0.0402. The summed E-state index contributed by atoms with van der Waals surface area (Å²) in [6.07, 6.45) is 0.922. The number of nitrogens with zero attached hydrogens (tertiary/aromatic N) is 1. The molecular weight excluding hydrogens is 324 g/mol. The molecule has 0 spiro atoms. The van der Waals surface area contributed by atoms with Crippen LogP contribution >= 0.6 is 0 Å². The number of anilines is 1. The lowest BCUT2D eigenvalue weighted by atomic mass is 10.1. The van der Waals surface area contributed by atoms with Crippen LogP contribution in [0.25, 0.3) is 0 Å². The summed E-state index contributed by atoms with van der Waals surface area (Å²) in [5, 5.41) is 9.12. The smallest absolute Gasteiger partial charge is 0.240 e. The van der Waals surface area contributed by atoms with Crippen LogP contribution in [0, 0.1) is 0 Å². The Kier molecular flexibility index (Phi) is 4.89. The van der Waals surface area contributed by atoms with Gasteiger partial charge in [0.2, 0.25) is 10.0 Å². The molecule has 0 atom stereocenters. The highest BCUT2D eigenvalue weighted by Gasteiger charge is 2.22. The number of aliphatic hydroxyl groups is 1. The minimum Gasteiger partial charge on any atom is -0.392 e. The van der Waals surface area contributed by atoms with Crippen LogP contribution in [0.1, 0.15) is 23.6 Å². The Labute approximate surface area is 143 Å². The summed E-state index contributed by atoms with van der Waals surface area (Å²) in [4.78, 5) is 2.51. The van der Waals surface area contributed by atoms with E-state index in [4.69, 9.17) is 5.11 Å². The van der Waals surface area contributed by atoms with Gasteiger partial charge in [-0.1, -0.05) is 37.3 Å². The summed E-state index contributed by atoms with van der Waals surface area (Å²) in [7, 11) is -3.44. The molecule has 0 amide bonds. The van der Waals surface area contributed by atoms with Crippen molar-refractivity contribution in [2.75, 3.05) is 18.0 Å². The average Bonchev–Trinajstić information content (AvgIpc) is 2.98. The van der Waals surface area contributed by atoms with Crippen LogP contribution in [0.3, 0.4) is 0 Å². The van der Waals surface area contributed by atoms with Crippen LogP contribution in [0.4, 0.5) is 5.69 Å². The van der Waals surface area contributed by atoms with E-state index in [0.717, 1.165) is 36.3 Å². The Morgan fingerprint density at radius 3 is 2.50 bits per heavy atom. The number of sulfonamides is 1. The molecule has 1 heterocycles. The fourth-order valence-corrected chi connectivity index (χ4v) is 4.06. The number of rotatable bonds is 6. The molecule has 0 aliphatic carbocycles. The summed E-state index contributed by atoms with van der Waals surface area (Å²) in [6, 6.07) is 13.2. The predicted octanol–water partition coefficient (Wildman–Crippen LogP) is 2.04. The van der Waals surface area contributed by atoms with E-state index in [-0.39, 0.29) is 6.61 Å². The molecule has 0 fully saturated rings. The van der Waals surface area contributed by atoms with Crippen LogP contribution in [0.5, 0.6) is 0 Å². The minimum atomic E-state index is -3.44. The number of fused-ring (bicyclic) bond motifs is 1. The molecule has 0 unspecified atom stereocenters. The van der Waals surface area contributed by atoms with Crippen molar-refractivity contribution in [1.29, 1.82) is 0 Å². The first kappa shape index (κ1) is 17.0. The van der Waals surface area contributed by atoms with Crippen molar-refractivity contribution < 1.29 is 13.5 Å². The van der Waals surface area contributed by atoms with Gasteiger partial charge < -0.3 is 10.0 Å². The molecule has 0 radical (unpaired) electrons. The van der Waals surface area contributed by atoms with Gasteiger partial charge in [0.15, 0.2) is 0 Å². The monoisotopic (exact) mass is 346 g/mol. The standard InChI is InChI=1S/C18H22N2O3S/c1-2-19-24(22,23)17-8-7-16-9-10-20(18(16)11-17)12-14-3-5-15(13-21)6-4-14/h3-8,11,19,21H,2,9-10,12-13H2,1H3. The molecule has 128 valence electrons. The van der Waals surface area contributed by atoms with E-state index in [9.17, 15) is 8.42 Å². The Hall–Kier alpha value is -1.89. The quantitative estimate of drug-likeness (QED) is 0.840. The summed E-state index contributed by atoms with van der Waals surface area (Å²) >= 11 is 0. The Balaban J connectivity index is 1.84. The van der Waals surface area contributed by atoms with Gasteiger partial charge in [-0.2, -0.15) is 0 Å². The second-order valence-corrected chi connectivity index (χ2v) is 7.70. The molecule has 0 saturated carbocycles. The first-order valence-corrected chi connectivity index (χ1v) is 9.58. The number of benzene rings is 2. The van der Waals surface area contributed by atoms with E-state index in [0.29, 0.717) is 11.4 Å². The third-order valence-electron chi connectivity index (χ3n) is 4.27. The molecule has 1 aliphatic heterocycles. The van der Waals surface area contributed by atoms with E-state index < -0.39 is 10.0 Å². The van der Waals surface area contributed by atoms with Gasteiger partial charge in [-0.25, -0.2) is 13.1 Å². The summed E-state index contributed by atoms with van der Waals surface area (Å²) in [6.45, 7) is 3.79. The zero-order chi connectivity index (χ0) is 17.2. The van der Waals surface area contributed by atoms with Crippen molar-refractivity contribution in [3.05, 3.63) is 59.2 Å². The van der Waals surface area contributed by atoms with Gasteiger partial charge in [0.1, 0.15) is 0 Å². The van der Waals surface area contributed by atoms with Crippen LogP contribution in [-0.2, 0) is 29.6 Å². The maximum absolute atomic E-state index is 12.2. The van der Waals surface area contributed by atoms with Crippen LogP contribution in [0.15, 0.2) is 47.4 Å². The largest absolute Gasteiger partial charge is 0.392 e. The van der Waals surface area contributed by atoms with E-state index in [2.05, 4.69) is 9.62 Å². The van der Waals surface area contributed by atoms with Gasteiger partial charge in [0.25, 0.3) is 0 Å². The summed E-state index contributed by atoms with van der Waals surface area (Å²) in [5.41, 5.74) is 4.19. The fraction of sp³-hybridized carbons (Fsp3) is 0.333. The topological polar surface area (TPSA) is 69.6 Å². The SMILES string of the molecule is CCNS(=O)(=O)c1ccc2c(c1)N(Cc1ccc(CO)cc1)CC2. The van der Waals surface area contributed by atoms with Gasteiger partial charge in [0.05, 0.1) is 11.5 Å². The molecule has 2 aromatic carbocycles. The lowest BCUT2D eigenvalue weighted by Crippen LogP contribution is -2.24. The highest BCUT2D eigenvalue weighted by molar-refractivity contribution is 7.89. The fourth-order valence-electron chi connectivity index (χ4n) is 3.00. The molecule has 24 heavy (non-hydrogen) atoms. The van der Waals surface area contributed by atoms with Gasteiger partial charge >= 0.3 is 0 Å². The Bertz CT molecular complexity index is 817. The van der Waals surface area contributed by atoms with Crippen molar-refractivity contribution in [1.82, 2.24) is 4.72 Å². The first-order chi connectivity index (χ1) is 11.5. The molecule has 6 heteroatoms. The van der Waals surface area contributed by atoms with Gasteiger partial charge in [-0.05, 0) is 35.2 Å². The molecule has 1 aliphatic rings. The average molecular weight is 346 g/mol. The molecule has 3 rings (SSSR count). The maximum atomic E-state index is 12.2. The lowest BCUT2D eigenvalue weighted by molar-refractivity contribution is 0.282. The van der Waals surface area contributed by atoms with Crippen molar-refractivity contribution in [2.24, 2.45) is 0 Å². The van der Waals surface area contributed by atoms with Gasteiger partial charge in [0, 0.05) is 25.3 Å². The number of hydrogen-bond acceptors (Lipinski definition) is 4. The highest BCUT2D eigenvalue weighted by Crippen LogP contribution is 2.31. The molecule has 2 N–H and O–H groups in total. The predicted molar refractivity (Wildman–Crippen MR) is 94.4 cm³/mol. The number of nitrogens with one attached hydrogen (secondary N) is 1. The third kappa shape index (κ3) is 3.45. The summed E-state index contributed by atoms with van der Waals surface area (Å²) < 4.78 is 27.0. The number of aliphatic hydroxyl groups excluding tert-OH is 1. The van der Waals surface area contributed by atoms with Crippen LogP contribution in [-0.4, -0.2) is 26.6 Å². The summed E-state index contributed by atoms with van der Waals surface area (Å²) in [5.74, 6) is 0. The third-order valence-corrected chi connectivity index (χ3v) is 5.82.